The average Bonchev–Trinajstić information content (AvgIpc) is 2.57. The quantitative estimate of drug-likeness (QED) is 0.848. The Balaban J connectivity index is 1.78. The number of carbonyl (C=O) groups is 1. The molecule has 0 saturated carbocycles. The Hall–Kier alpha value is -2.09. The lowest BCUT2D eigenvalue weighted by molar-refractivity contribution is 0.0939. The summed E-state index contributed by atoms with van der Waals surface area (Å²) in [6.07, 6.45) is 4.75. The maximum absolute atomic E-state index is 12.7. The molecular weight excluding hydrogens is 294 g/mol. The van der Waals surface area contributed by atoms with Gasteiger partial charge in [-0.3, -0.25) is 4.79 Å². The summed E-state index contributed by atoms with van der Waals surface area (Å²) in [7, 11) is 0. The minimum atomic E-state index is 0.00725. The van der Waals surface area contributed by atoms with Crippen molar-refractivity contribution in [1.29, 1.82) is 0 Å². The largest absolute Gasteiger partial charge is 0.346 e. The number of aryl methyl sites for hydroxylation is 5. The fourth-order valence-corrected chi connectivity index (χ4v) is 3.68. The smallest absolute Gasteiger partial charge is 0.251 e. The average molecular weight is 321 g/mol. The van der Waals surface area contributed by atoms with Gasteiger partial charge in [-0.05, 0) is 98.9 Å². The molecule has 2 heteroatoms. The van der Waals surface area contributed by atoms with Gasteiger partial charge in [0.2, 0.25) is 0 Å². The van der Waals surface area contributed by atoms with Crippen molar-refractivity contribution in [2.24, 2.45) is 0 Å². The van der Waals surface area contributed by atoms with Crippen molar-refractivity contribution in [1.82, 2.24) is 5.32 Å². The molecule has 0 spiro atoms. The molecule has 1 N–H and O–H groups in total. The number of benzene rings is 2. The normalized spacial score (nSPS) is 14.8. The van der Waals surface area contributed by atoms with Crippen molar-refractivity contribution in [2.45, 2.75) is 59.4 Å². The van der Waals surface area contributed by atoms with E-state index < -0.39 is 0 Å². The van der Waals surface area contributed by atoms with Crippen molar-refractivity contribution >= 4 is 5.91 Å². The number of rotatable bonds is 3. The topological polar surface area (TPSA) is 29.1 Å². The van der Waals surface area contributed by atoms with Crippen molar-refractivity contribution in [2.75, 3.05) is 0 Å². The van der Waals surface area contributed by atoms with Crippen molar-refractivity contribution in [3.63, 3.8) is 0 Å². The number of hydrogen-bond donors (Lipinski definition) is 1. The molecule has 0 aliphatic heterocycles. The lowest BCUT2D eigenvalue weighted by Crippen LogP contribution is -2.27. The highest BCUT2D eigenvalue weighted by Gasteiger charge is 2.16. The molecule has 2 aromatic rings. The molecule has 1 amide bonds. The lowest BCUT2D eigenvalue weighted by Gasteiger charge is -2.20. The van der Waals surface area contributed by atoms with Crippen molar-refractivity contribution < 1.29 is 4.79 Å². The number of fused-ring (bicyclic) bond motifs is 1. The van der Waals surface area contributed by atoms with E-state index in [9.17, 15) is 4.79 Å². The second kappa shape index (κ2) is 6.80. The minimum Gasteiger partial charge on any atom is -0.346 e. The molecule has 0 unspecified atom stereocenters. The molecule has 0 fully saturated rings. The van der Waals surface area contributed by atoms with Crippen LogP contribution in [0.5, 0.6) is 0 Å². The first kappa shape index (κ1) is 16.8. The fraction of sp³-hybridized carbons (Fsp3) is 0.409. The monoisotopic (exact) mass is 321 g/mol. The van der Waals surface area contributed by atoms with Gasteiger partial charge < -0.3 is 5.32 Å². The van der Waals surface area contributed by atoms with Crippen molar-refractivity contribution in [3.8, 4) is 0 Å². The van der Waals surface area contributed by atoms with Gasteiger partial charge in [0.1, 0.15) is 0 Å². The SMILES string of the molecule is Cc1cc(C)c([C@H](C)NC(=O)c2ccc3c(c2)CCCC3)cc1C. The van der Waals surface area contributed by atoms with Gasteiger partial charge in [0.25, 0.3) is 5.91 Å². The van der Waals surface area contributed by atoms with Gasteiger partial charge in [0, 0.05) is 5.56 Å². The van der Waals surface area contributed by atoms with E-state index in [1.54, 1.807) is 0 Å². The maximum Gasteiger partial charge on any atom is 0.251 e. The zero-order valence-electron chi connectivity index (χ0n) is 15.2. The van der Waals surface area contributed by atoms with Gasteiger partial charge in [0.15, 0.2) is 0 Å². The summed E-state index contributed by atoms with van der Waals surface area (Å²) in [6, 6.07) is 10.6. The zero-order chi connectivity index (χ0) is 17.3. The van der Waals surface area contributed by atoms with E-state index >= 15 is 0 Å². The van der Waals surface area contributed by atoms with E-state index in [1.807, 2.05) is 6.07 Å². The Kier molecular flexibility index (Phi) is 4.75. The first-order chi connectivity index (χ1) is 11.5. The molecule has 0 bridgehead atoms. The molecule has 24 heavy (non-hydrogen) atoms. The third-order valence-electron chi connectivity index (χ3n) is 5.31. The lowest BCUT2D eigenvalue weighted by atomic mass is 9.90. The predicted octanol–water partition coefficient (Wildman–Crippen LogP) is 4.98. The maximum atomic E-state index is 12.7. The van der Waals surface area contributed by atoms with Crippen LogP contribution in [0.3, 0.4) is 0 Å². The molecule has 1 aliphatic carbocycles. The summed E-state index contributed by atoms with van der Waals surface area (Å²) in [5, 5.41) is 3.17. The van der Waals surface area contributed by atoms with Gasteiger partial charge >= 0.3 is 0 Å². The van der Waals surface area contributed by atoms with E-state index in [1.165, 1.54) is 46.2 Å². The van der Waals surface area contributed by atoms with Crippen LogP contribution in [0.2, 0.25) is 0 Å². The van der Waals surface area contributed by atoms with E-state index in [0.717, 1.165) is 18.4 Å². The molecule has 1 aliphatic rings. The number of hydrogen-bond acceptors (Lipinski definition) is 1. The number of nitrogens with one attached hydrogen (secondary N) is 1. The van der Waals surface area contributed by atoms with Crippen LogP contribution in [-0.4, -0.2) is 5.91 Å². The van der Waals surface area contributed by atoms with E-state index in [-0.39, 0.29) is 11.9 Å². The predicted molar refractivity (Wildman–Crippen MR) is 99.6 cm³/mol. The van der Waals surface area contributed by atoms with Crippen LogP contribution in [0.4, 0.5) is 0 Å². The second-order valence-corrected chi connectivity index (χ2v) is 7.18. The van der Waals surface area contributed by atoms with Crippen LogP contribution in [0.25, 0.3) is 0 Å². The fourth-order valence-electron chi connectivity index (χ4n) is 3.68. The molecule has 2 nitrogen and oxygen atoms in total. The van der Waals surface area contributed by atoms with Gasteiger partial charge in [-0.2, -0.15) is 0 Å². The third-order valence-corrected chi connectivity index (χ3v) is 5.31. The highest BCUT2D eigenvalue weighted by atomic mass is 16.1. The molecule has 0 saturated heterocycles. The molecule has 1 atom stereocenters. The van der Waals surface area contributed by atoms with E-state index in [4.69, 9.17) is 0 Å². The molecule has 0 radical (unpaired) electrons. The van der Waals surface area contributed by atoms with Crippen LogP contribution in [0.15, 0.2) is 30.3 Å². The van der Waals surface area contributed by atoms with Crippen LogP contribution in [-0.2, 0) is 12.8 Å². The van der Waals surface area contributed by atoms with Crippen LogP contribution < -0.4 is 5.32 Å². The summed E-state index contributed by atoms with van der Waals surface area (Å²) >= 11 is 0. The molecule has 0 aromatic heterocycles. The number of amides is 1. The van der Waals surface area contributed by atoms with Gasteiger partial charge in [-0.15, -0.1) is 0 Å². The van der Waals surface area contributed by atoms with Gasteiger partial charge in [-0.25, -0.2) is 0 Å². The molecule has 2 aromatic carbocycles. The summed E-state index contributed by atoms with van der Waals surface area (Å²) in [4.78, 5) is 12.7. The van der Waals surface area contributed by atoms with E-state index in [0.29, 0.717) is 0 Å². The Morgan fingerprint density at radius 3 is 2.33 bits per heavy atom. The molecule has 0 heterocycles. The first-order valence-electron chi connectivity index (χ1n) is 8.96. The van der Waals surface area contributed by atoms with Crippen LogP contribution in [0, 0.1) is 20.8 Å². The Morgan fingerprint density at radius 1 is 0.917 bits per heavy atom. The molecular formula is C22H27NO. The summed E-state index contributed by atoms with van der Waals surface area (Å²) < 4.78 is 0. The van der Waals surface area contributed by atoms with Crippen LogP contribution in [0.1, 0.15) is 69.5 Å². The van der Waals surface area contributed by atoms with Crippen molar-refractivity contribution in [3.05, 3.63) is 69.3 Å². The van der Waals surface area contributed by atoms with Gasteiger partial charge in [-0.1, -0.05) is 18.2 Å². The Morgan fingerprint density at radius 2 is 1.58 bits per heavy atom. The second-order valence-electron chi connectivity index (χ2n) is 7.18. The minimum absolute atomic E-state index is 0.00725. The summed E-state index contributed by atoms with van der Waals surface area (Å²) in [5.74, 6) is 0.0218. The Bertz CT molecular complexity index is 776. The first-order valence-corrected chi connectivity index (χ1v) is 8.96. The summed E-state index contributed by atoms with van der Waals surface area (Å²) in [6.45, 7) is 8.43. The zero-order valence-corrected chi connectivity index (χ0v) is 15.2. The highest BCUT2D eigenvalue weighted by molar-refractivity contribution is 5.94. The van der Waals surface area contributed by atoms with Gasteiger partial charge in [0.05, 0.1) is 6.04 Å². The Labute approximate surface area is 145 Å². The van der Waals surface area contributed by atoms with E-state index in [2.05, 4.69) is 57.3 Å². The highest BCUT2D eigenvalue weighted by Crippen LogP contribution is 2.24. The van der Waals surface area contributed by atoms with Crippen LogP contribution >= 0.6 is 0 Å². The summed E-state index contributed by atoms with van der Waals surface area (Å²) in [5.41, 5.74) is 8.54. The standard InChI is InChI=1S/C22H27NO/c1-14-11-16(3)21(12-15(14)2)17(4)23-22(24)20-10-9-18-7-5-6-8-19(18)13-20/h9-13,17H,5-8H2,1-4H3,(H,23,24)/t17-/m0/s1. The molecule has 126 valence electrons. The molecule has 3 rings (SSSR count). The third kappa shape index (κ3) is 3.38. The number of carbonyl (C=O) groups excluding carboxylic acids is 1.